The Labute approximate surface area is 296 Å². The second-order valence-electron chi connectivity index (χ2n) is 12.3. The highest BCUT2D eigenvalue weighted by atomic mass is 35.5. The van der Waals surface area contributed by atoms with Crippen LogP contribution in [0.4, 0.5) is 0 Å². The Balaban J connectivity index is 1.38. The molecule has 4 aromatic carbocycles. The molecule has 1 aliphatic heterocycles. The van der Waals surface area contributed by atoms with Crippen LogP contribution in [-0.2, 0) is 45.2 Å². The minimum atomic E-state index is -0.509. The number of halogens is 1. The third kappa shape index (κ3) is 10.8. The molecule has 5 atom stereocenters. The summed E-state index contributed by atoms with van der Waals surface area (Å²) in [5, 5.41) is 0.654. The van der Waals surface area contributed by atoms with Crippen molar-refractivity contribution in [3.05, 3.63) is 172 Å². The fourth-order valence-electron chi connectivity index (χ4n) is 5.89. The van der Waals surface area contributed by atoms with Crippen LogP contribution in [0.25, 0.3) is 0 Å². The lowest BCUT2D eigenvalue weighted by molar-refractivity contribution is -0.253. The first-order valence-electron chi connectivity index (χ1n) is 17.0. The summed E-state index contributed by atoms with van der Waals surface area (Å²) in [6.07, 6.45) is 2.40. The van der Waals surface area contributed by atoms with E-state index in [0.29, 0.717) is 31.5 Å². The standard InChI is InChI=1S/C43H47ClO5/c1-5-45-38-24-22-34(23-25-38)27-32(3)39(44)26-21-31(2)40-42(47-29-36-17-11-7-12-18-36)43(48-30-37-19-13-8-14-20-37)41(33(4)49-40)46-28-35-15-9-6-10-16-35/h6-26,33,40-43H,2,5,27-30H2,1,3-4H3/b26-21-,39-32-/t33-,40+,41-,42+,43?/m1/s1. The highest BCUT2D eigenvalue weighted by Crippen LogP contribution is 2.34. The molecule has 0 radical (unpaired) electrons. The summed E-state index contributed by atoms with van der Waals surface area (Å²) in [4.78, 5) is 0. The van der Waals surface area contributed by atoms with Crippen molar-refractivity contribution in [1.82, 2.24) is 0 Å². The van der Waals surface area contributed by atoms with Crippen molar-refractivity contribution in [3.8, 4) is 5.75 Å². The molecule has 5 rings (SSSR count). The van der Waals surface area contributed by atoms with E-state index in [9.17, 15) is 0 Å². The Morgan fingerprint density at radius 1 is 0.673 bits per heavy atom. The van der Waals surface area contributed by atoms with Crippen molar-refractivity contribution in [2.75, 3.05) is 6.61 Å². The summed E-state index contributed by atoms with van der Waals surface area (Å²) >= 11 is 6.83. The van der Waals surface area contributed by atoms with Crippen LogP contribution in [0.5, 0.6) is 5.75 Å². The summed E-state index contributed by atoms with van der Waals surface area (Å²) in [7, 11) is 0. The Hall–Kier alpha value is -3.97. The van der Waals surface area contributed by atoms with Crippen LogP contribution in [0, 0.1) is 0 Å². The molecular weight excluding hydrogens is 632 g/mol. The average Bonchev–Trinajstić information content (AvgIpc) is 3.13. The number of hydrogen-bond donors (Lipinski definition) is 0. The van der Waals surface area contributed by atoms with Crippen molar-refractivity contribution >= 4 is 11.6 Å². The van der Waals surface area contributed by atoms with Crippen LogP contribution in [0.15, 0.2) is 150 Å². The molecule has 1 unspecified atom stereocenters. The Bertz CT molecular complexity index is 1640. The fourth-order valence-corrected chi connectivity index (χ4v) is 6.02. The van der Waals surface area contributed by atoms with Crippen LogP contribution >= 0.6 is 11.6 Å². The van der Waals surface area contributed by atoms with E-state index in [1.807, 2.05) is 99.7 Å². The summed E-state index contributed by atoms with van der Waals surface area (Å²) < 4.78 is 32.3. The highest BCUT2D eigenvalue weighted by molar-refractivity contribution is 6.31. The van der Waals surface area contributed by atoms with Gasteiger partial charge in [0.15, 0.2) is 0 Å². The fraction of sp³-hybridized carbons (Fsp3) is 0.302. The van der Waals surface area contributed by atoms with Gasteiger partial charge in [0.2, 0.25) is 0 Å². The Morgan fingerprint density at radius 2 is 1.16 bits per heavy atom. The molecule has 1 fully saturated rings. The first kappa shape index (κ1) is 36.3. The van der Waals surface area contributed by atoms with Gasteiger partial charge in [-0.15, -0.1) is 0 Å². The van der Waals surface area contributed by atoms with Crippen LogP contribution in [-0.4, -0.2) is 37.1 Å². The first-order chi connectivity index (χ1) is 23.9. The van der Waals surface area contributed by atoms with Crippen molar-refractivity contribution in [1.29, 1.82) is 0 Å². The zero-order chi connectivity index (χ0) is 34.4. The number of allylic oxidation sites excluding steroid dienone is 3. The van der Waals surface area contributed by atoms with Gasteiger partial charge in [0.05, 0.1) is 32.5 Å². The first-order valence-corrected chi connectivity index (χ1v) is 17.3. The van der Waals surface area contributed by atoms with Crippen molar-refractivity contribution in [3.63, 3.8) is 0 Å². The lowest BCUT2D eigenvalue weighted by Crippen LogP contribution is -2.59. The van der Waals surface area contributed by atoms with Crippen LogP contribution < -0.4 is 4.74 Å². The van der Waals surface area contributed by atoms with Gasteiger partial charge in [-0.1, -0.05) is 133 Å². The second kappa shape index (κ2) is 18.7. The van der Waals surface area contributed by atoms with Gasteiger partial charge in [-0.25, -0.2) is 0 Å². The average molecular weight is 679 g/mol. The quantitative estimate of drug-likeness (QED) is 0.110. The lowest BCUT2D eigenvalue weighted by atomic mass is 9.90. The minimum Gasteiger partial charge on any atom is -0.494 e. The van der Waals surface area contributed by atoms with Crippen LogP contribution in [0.2, 0.25) is 0 Å². The lowest BCUT2D eigenvalue weighted by Gasteiger charge is -2.45. The van der Waals surface area contributed by atoms with E-state index in [1.54, 1.807) is 0 Å². The van der Waals surface area contributed by atoms with Crippen LogP contribution in [0.1, 0.15) is 43.0 Å². The Kier molecular flexibility index (Phi) is 13.9. The molecule has 49 heavy (non-hydrogen) atoms. The predicted molar refractivity (Wildman–Crippen MR) is 198 cm³/mol. The molecule has 1 aliphatic rings. The summed E-state index contributed by atoms with van der Waals surface area (Å²) in [5.74, 6) is 0.861. The molecule has 0 amide bonds. The maximum atomic E-state index is 6.83. The van der Waals surface area contributed by atoms with Crippen molar-refractivity contribution in [2.24, 2.45) is 0 Å². The molecular formula is C43H47ClO5. The summed E-state index contributed by atoms with van der Waals surface area (Å²) in [5.41, 5.74) is 6.15. The van der Waals surface area contributed by atoms with E-state index in [1.165, 1.54) is 0 Å². The SMILES string of the molecule is C=C(/C=C\C(Cl)=C(/C)Cc1ccc(OCC)cc1)[C@@H]1O[C@H](C)[C@@H](OCc2ccccc2)C(OCc2ccccc2)[C@H]1OCc1ccccc1. The van der Waals surface area contributed by atoms with Crippen LogP contribution in [0.3, 0.4) is 0 Å². The normalized spacial score (nSPS) is 21.3. The highest BCUT2D eigenvalue weighted by Gasteiger charge is 2.47. The number of ether oxygens (including phenoxy) is 5. The number of benzene rings is 4. The van der Waals surface area contributed by atoms with Gasteiger partial charge in [0, 0.05) is 5.03 Å². The van der Waals surface area contributed by atoms with Gasteiger partial charge in [-0.3, -0.25) is 0 Å². The van der Waals surface area contributed by atoms with Gasteiger partial charge in [-0.2, -0.15) is 0 Å². The molecule has 4 aromatic rings. The second-order valence-corrected chi connectivity index (χ2v) is 12.7. The zero-order valence-corrected chi connectivity index (χ0v) is 29.4. The topological polar surface area (TPSA) is 46.2 Å². The molecule has 0 bridgehead atoms. The molecule has 0 aromatic heterocycles. The molecule has 0 aliphatic carbocycles. The summed E-state index contributed by atoms with van der Waals surface area (Å²) in [6.45, 7) is 12.4. The molecule has 6 heteroatoms. The van der Waals surface area contributed by atoms with Gasteiger partial charge >= 0.3 is 0 Å². The molecule has 1 heterocycles. The maximum Gasteiger partial charge on any atom is 0.119 e. The number of hydrogen-bond acceptors (Lipinski definition) is 5. The van der Waals surface area contributed by atoms with Gasteiger partial charge < -0.3 is 23.7 Å². The predicted octanol–water partition coefficient (Wildman–Crippen LogP) is 9.80. The van der Waals surface area contributed by atoms with E-state index in [4.69, 9.17) is 35.3 Å². The number of rotatable bonds is 16. The van der Waals surface area contributed by atoms with E-state index in [-0.39, 0.29) is 6.10 Å². The summed E-state index contributed by atoms with van der Waals surface area (Å²) in [6, 6.07) is 38.5. The third-order valence-electron chi connectivity index (χ3n) is 8.55. The van der Waals surface area contributed by atoms with Gasteiger partial charge in [0.1, 0.15) is 30.2 Å². The largest absolute Gasteiger partial charge is 0.494 e. The zero-order valence-electron chi connectivity index (χ0n) is 28.7. The molecule has 256 valence electrons. The van der Waals surface area contributed by atoms with Gasteiger partial charge in [-0.05, 0) is 73.2 Å². The maximum absolute atomic E-state index is 6.83. The Morgan fingerprint density at radius 3 is 1.67 bits per heavy atom. The smallest absolute Gasteiger partial charge is 0.119 e. The van der Waals surface area contributed by atoms with Crippen molar-refractivity contribution < 1.29 is 23.7 Å². The van der Waals surface area contributed by atoms with Gasteiger partial charge in [0.25, 0.3) is 0 Å². The van der Waals surface area contributed by atoms with E-state index in [2.05, 4.69) is 55.1 Å². The van der Waals surface area contributed by atoms with Crippen molar-refractivity contribution in [2.45, 2.75) is 77.5 Å². The van der Waals surface area contributed by atoms with E-state index >= 15 is 0 Å². The molecule has 0 saturated carbocycles. The minimum absolute atomic E-state index is 0.302. The monoisotopic (exact) mass is 678 g/mol. The molecule has 1 saturated heterocycles. The molecule has 0 N–H and O–H groups in total. The molecule has 0 spiro atoms. The van der Waals surface area contributed by atoms with E-state index < -0.39 is 24.4 Å². The molecule has 5 nitrogen and oxygen atoms in total. The van der Waals surface area contributed by atoms with E-state index in [0.717, 1.165) is 45.6 Å². The third-order valence-corrected chi connectivity index (χ3v) is 8.99.